The number of unbranched alkanes of at least 4 members (excludes halogenated alkanes) is 1. The standard InChI is InChI=1S/C12H25NO2/c1-2-3-9-15-10-7-13-11-12(4-5-12)6-8-14/h13-14H,2-11H2,1H3. The van der Waals surface area contributed by atoms with E-state index in [4.69, 9.17) is 9.84 Å². The molecule has 0 unspecified atom stereocenters. The molecule has 0 heterocycles. The molecule has 1 saturated carbocycles. The third kappa shape index (κ3) is 5.50. The zero-order valence-electron chi connectivity index (χ0n) is 9.93. The maximum Gasteiger partial charge on any atom is 0.0590 e. The second-order valence-corrected chi connectivity index (χ2v) is 4.62. The van der Waals surface area contributed by atoms with E-state index in [1.807, 2.05) is 0 Å². The lowest BCUT2D eigenvalue weighted by atomic mass is 10.0. The molecule has 3 nitrogen and oxygen atoms in total. The number of hydrogen-bond donors (Lipinski definition) is 2. The number of nitrogens with one attached hydrogen (secondary N) is 1. The molecule has 0 aromatic carbocycles. The number of ether oxygens (including phenoxy) is 1. The van der Waals surface area contributed by atoms with Gasteiger partial charge >= 0.3 is 0 Å². The molecule has 90 valence electrons. The van der Waals surface area contributed by atoms with E-state index >= 15 is 0 Å². The fourth-order valence-electron chi connectivity index (χ4n) is 1.78. The Labute approximate surface area is 93.2 Å². The molecule has 1 aliphatic carbocycles. The molecule has 1 fully saturated rings. The van der Waals surface area contributed by atoms with Crippen molar-refractivity contribution in [2.24, 2.45) is 5.41 Å². The van der Waals surface area contributed by atoms with E-state index in [1.54, 1.807) is 0 Å². The minimum atomic E-state index is 0.328. The Morgan fingerprint density at radius 2 is 2.13 bits per heavy atom. The molecule has 0 spiro atoms. The van der Waals surface area contributed by atoms with Crippen LogP contribution in [-0.4, -0.2) is 38.0 Å². The minimum absolute atomic E-state index is 0.328. The van der Waals surface area contributed by atoms with Gasteiger partial charge in [-0.1, -0.05) is 13.3 Å². The lowest BCUT2D eigenvalue weighted by molar-refractivity contribution is 0.131. The predicted octanol–water partition coefficient (Wildman–Crippen LogP) is 1.56. The maximum absolute atomic E-state index is 8.89. The number of aliphatic hydroxyl groups is 1. The lowest BCUT2D eigenvalue weighted by Crippen LogP contribution is -2.28. The summed E-state index contributed by atoms with van der Waals surface area (Å²) in [6.45, 7) is 6.19. The molecule has 0 bridgehead atoms. The zero-order chi connectivity index (χ0) is 11.0. The van der Waals surface area contributed by atoms with Crippen molar-refractivity contribution in [3.8, 4) is 0 Å². The van der Waals surface area contributed by atoms with Crippen molar-refractivity contribution in [1.82, 2.24) is 5.32 Å². The molecule has 3 heteroatoms. The van der Waals surface area contributed by atoms with Gasteiger partial charge in [-0.15, -0.1) is 0 Å². The van der Waals surface area contributed by atoms with E-state index in [-0.39, 0.29) is 0 Å². The summed E-state index contributed by atoms with van der Waals surface area (Å²) < 4.78 is 5.46. The number of aliphatic hydroxyl groups excluding tert-OH is 1. The lowest BCUT2D eigenvalue weighted by Gasteiger charge is -2.14. The smallest absolute Gasteiger partial charge is 0.0590 e. The molecule has 0 saturated heterocycles. The van der Waals surface area contributed by atoms with Crippen LogP contribution in [0, 0.1) is 5.41 Å². The summed E-state index contributed by atoms with van der Waals surface area (Å²) in [5.74, 6) is 0. The Balaban J connectivity index is 1.84. The van der Waals surface area contributed by atoms with Crippen LogP contribution in [0.2, 0.25) is 0 Å². The number of rotatable bonds is 10. The van der Waals surface area contributed by atoms with E-state index in [9.17, 15) is 0 Å². The third-order valence-corrected chi connectivity index (χ3v) is 3.16. The first-order valence-corrected chi connectivity index (χ1v) is 6.22. The van der Waals surface area contributed by atoms with E-state index in [2.05, 4.69) is 12.2 Å². The second-order valence-electron chi connectivity index (χ2n) is 4.62. The molecule has 0 atom stereocenters. The first-order chi connectivity index (χ1) is 7.33. The fraction of sp³-hybridized carbons (Fsp3) is 1.00. The fourth-order valence-corrected chi connectivity index (χ4v) is 1.78. The molecule has 0 aromatic heterocycles. The Kier molecular flexibility index (Phi) is 6.22. The highest BCUT2D eigenvalue weighted by molar-refractivity contribution is 4.94. The van der Waals surface area contributed by atoms with Crippen LogP contribution in [0.1, 0.15) is 39.0 Å². The Bertz CT molecular complexity index is 158. The van der Waals surface area contributed by atoms with E-state index in [0.717, 1.165) is 39.1 Å². The molecule has 0 aromatic rings. The summed E-state index contributed by atoms with van der Waals surface area (Å²) in [6, 6.07) is 0. The molecule has 2 N–H and O–H groups in total. The molecule has 0 amide bonds. The van der Waals surface area contributed by atoms with Gasteiger partial charge in [-0.25, -0.2) is 0 Å². The molecule has 0 aliphatic heterocycles. The van der Waals surface area contributed by atoms with Crippen LogP contribution in [-0.2, 0) is 4.74 Å². The Morgan fingerprint density at radius 1 is 1.33 bits per heavy atom. The van der Waals surface area contributed by atoms with Gasteiger partial charge in [0.15, 0.2) is 0 Å². The van der Waals surface area contributed by atoms with Crippen LogP contribution >= 0.6 is 0 Å². The van der Waals surface area contributed by atoms with Crippen molar-refractivity contribution in [2.45, 2.75) is 39.0 Å². The van der Waals surface area contributed by atoms with Crippen LogP contribution < -0.4 is 5.32 Å². The van der Waals surface area contributed by atoms with Crippen molar-refractivity contribution < 1.29 is 9.84 Å². The highest BCUT2D eigenvalue weighted by Gasteiger charge is 2.41. The second kappa shape index (κ2) is 7.20. The summed E-state index contributed by atoms with van der Waals surface area (Å²) in [7, 11) is 0. The summed E-state index contributed by atoms with van der Waals surface area (Å²) >= 11 is 0. The van der Waals surface area contributed by atoms with E-state index in [0.29, 0.717) is 12.0 Å². The largest absolute Gasteiger partial charge is 0.396 e. The van der Waals surface area contributed by atoms with Crippen molar-refractivity contribution in [3.63, 3.8) is 0 Å². The summed E-state index contributed by atoms with van der Waals surface area (Å²) in [5.41, 5.74) is 0.429. The molecule has 15 heavy (non-hydrogen) atoms. The van der Waals surface area contributed by atoms with Gasteiger partial charge in [-0.05, 0) is 31.1 Å². The van der Waals surface area contributed by atoms with Gasteiger partial charge in [-0.2, -0.15) is 0 Å². The quantitative estimate of drug-likeness (QED) is 0.543. The van der Waals surface area contributed by atoms with Gasteiger partial charge in [0.25, 0.3) is 0 Å². The average Bonchev–Trinajstić information content (AvgIpc) is 2.98. The normalized spacial score (nSPS) is 18.0. The van der Waals surface area contributed by atoms with Gasteiger partial charge < -0.3 is 15.2 Å². The third-order valence-electron chi connectivity index (χ3n) is 3.16. The van der Waals surface area contributed by atoms with Gasteiger partial charge in [0, 0.05) is 26.3 Å². The number of hydrogen-bond acceptors (Lipinski definition) is 3. The van der Waals surface area contributed by atoms with E-state index in [1.165, 1.54) is 19.3 Å². The van der Waals surface area contributed by atoms with Crippen LogP contribution in [0.4, 0.5) is 0 Å². The van der Waals surface area contributed by atoms with Gasteiger partial charge in [0.05, 0.1) is 6.61 Å². The van der Waals surface area contributed by atoms with Crippen molar-refractivity contribution in [2.75, 3.05) is 32.9 Å². The van der Waals surface area contributed by atoms with Crippen LogP contribution in [0.15, 0.2) is 0 Å². The van der Waals surface area contributed by atoms with E-state index < -0.39 is 0 Å². The van der Waals surface area contributed by atoms with Crippen molar-refractivity contribution in [1.29, 1.82) is 0 Å². The minimum Gasteiger partial charge on any atom is -0.396 e. The summed E-state index contributed by atoms with van der Waals surface area (Å²) in [5, 5.41) is 12.3. The Morgan fingerprint density at radius 3 is 2.73 bits per heavy atom. The molecule has 1 aliphatic rings. The van der Waals surface area contributed by atoms with Crippen molar-refractivity contribution >= 4 is 0 Å². The predicted molar refractivity (Wildman–Crippen MR) is 62.0 cm³/mol. The van der Waals surface area contributed by atoms with Crippen molar-refractivity contribution in [3.05, 3.63) is 0 Å². The van der Waals surface area contributed by atoms with Crippen LogP contribution in [0.5, 0.6) is 0 Å². The highest BCUT2D eigenvalue weighted by atomic mass is 16.5. The molecular weight excluding hydrogens is 190 g/mol. The molecular formula is C12H25NO2. The molecule has 1 rings (SSSR count). The first-order valence-electron chi connectivity index (χ1n) is 6.22. The summed E-state index contributed by atoms with van der Waals surface area (Å²) in [6.07, 6.45) is 5.87. The van der Waals surface area contributed by atoms with Gasteiger partial charge in [0.1, 0.15) is 0 Å². The SMILES string of the molecule is CCCCOCCNCC1(CCO)CC1. The van der Waals surface area contributed by atoms with Crippen LogP contribution in [0.3, 0.4) is 0 Å². The van der Waals surface area contributed by atoms with Crippen LogP contribution in [0.25, 0.3) is 0 Å². The summed E-state index contributed by atoms with van der Waals surface area (Å²) in [4.78, 5) is 0. The monoisotopic (exact) mass is 215 g/mol. The topological polar surface area (TPSA) is 41.5 Å². The average molecular weight is 215 g/mol. The van der Waals surface area contributed by atoms with Gasteiger partial charge in [0.2, 0.25) is 0 Å². The van der Waals surface area contributed by atoms with Gasteiger partial charge in [-0.3, -0.25) is 0 Å². The Hall–Kier alpha value is -0.120. The highest BCUT2D eigenvalue weighted by Crippen LogP contribution is 2.47. The first kappa shape index (κ1) is 12.9. The maximum atomic E-state index is 8.89. The zero-order valence-corrected chi connectivity index (χ0v) is 9.93. The molecule has 0 radical (unpaired) electrons.